The fourth-order valence-corrected chi connectivity index (χ4v) is 1.54. The molecule has 0 spiro atoms. The summed E-state index contributed by atoms with van der Waals surface area (Å²) >= 11 is 0. The molecular formula is C14H22O. The molecule has 15 heavy (non-hydrogen) atoms. The Morgan fingerprint density at radius 3 is 2.33 bits per heavy atom. The molecule has 0 heterocycles. The third-order valence-electron chi connectivity index (χ3n) is 3.01. The van der Waals surface area contributed by atoms with Gasteiger partial charge in [-0.25, -0.2) is 0 Å². The maximum absolute atomic E-state index is 5.88. The van der Waals surface area contributed by atoms with Gasteiger partial charge in [0, 0.05) is 0 Å². The first-order valence-corrected chi connectivity index (χ1v) is 5.77. The van der Waals surface area contributed by atoms with Gasteiger partial charge in [0.15, 0.2) is 0 Å². The monoisotopic (exact) mass is 206 g/mol. The minimum atomic E-state index is 0.194. The second-order valence-electron chi connectivity index (χ2n) is 4.34. The van der Waals surface area contributed by atoms with Crippen LogP contribution in [0.1, 0.15) is 50.0 Å². The summed E-state index contributed by atoms with van der Waals surface area (Å²) in [4.78, 5) is 0. The van der Waals surface area contributed by atoms with Gasteiger partial charge in [-0.1, -0.05) is 25.1 Å². The molecule has 1 nitrogen and oxygen atoms in total. The maximum Gasteiger partial charge on any atom is 0.0800 e. The normalized spacial score (nSPS) is 15.0. The highest BCUT2D eigenvalue weighted by molar-refractivity contribution is 5.30. The van der Waals surface area contributed by atoms with Crippen LogP contribution in [-0.4, -0.2) is 6.10 Å². The van der Waals surface area contributed by atoms with Gasteiger partial charge in [-0.15, -0.1) is 0 Å². The molecular weight excluding hydrogens is 184 g/mol. The summed E-state index contributed by atoms with van der Waals surface area (Å²) in [6.45, 7) is 10.7. The van der Waals surface area contributed by atoms with Gasteiger partial charge in [0.2, 0.25) is 0 Å². The van der Waals surface area contributed by atoms with E-state index in [0.717, 1.165) is 6.42 Å². The molecule has 0 N–H and O–H groups in total. The Morgan fingerprint density at radius 2 is 1.80 bits per heavy atom. The average Bonchev–Trinajstić information content (AvgIpc) is 2.21. The number of aryl methyl sites for hydroxylation is 2. The minimum Gasteiger partial charge on any atom is -0.371 e. The third-order valence-corrected chi connectivity index (χ3v) is 3.01. The van der Waals surface area contributed by atoms with Crippen LogP contribution in [0.3, 0.4) is 0 Å². The first-order chi connectivity index (χ1) is 7.04. The Labute approximate surface area is 93.5 Å². The maximum atomic E-state index is 5.88. The predicted molar refractivity (Wildman–Crippen MR) is 65.2 cm³/mol. The van der Waals surface area contributed by atoms with Gasteiger partial charge in [0.25, 0.3) is 0 Å². The van der Waals surface area contributed by atoms with E-state index in [1.165, 1.54) is 16.7 Å². The zero-order valence-electron chi connectivity index (χ0n) is 10.5. The van der Waals surface area contributed by atoms with Crippen molar-refractivity contribution in [3.8, 4) is 0 Å². The lowest BCUT2D eigenvalue weighted by Gasteiger charge is -2.19. The van der Waals surface area contributed by atoms with Crippen molar-refractivity contribution in [2.75, 3.05) is 0 Å². The molecule has 0 aromatic heterocycles. The van der Waals surface area contributed by atoms with Crippen LogP contribution < -0.4 is 0 Å². The van der Waals surface area contributed by atoms with Crippen molar-refractivity contribution in [2.45, 2.75) is 53.2 Å². The first kappa shape index (κ1) is 12.3. The van der Waals surface area contributed by atoms with Crippen molar-refractivity contribution >= 4 is 0 Å². The number of hydrogen-bond donors (Lipinski definition) is 0. The topological polar surface area (TPSA) is 9.23 Å². The summed E-state index contributed by atoms with van der Waals surface area (Å²) < 4.78 is 5.88. The lowest BCUT2D eigenvalue weighted by Crippen LogP contribution is -2.10. The highest BCUT2D eigenvalue weighted by Crippen LogP contribution is 2.21. The van der Waals surface area contributed by atoms with Gasteiger partial charge in [-0.05, 0) is 50.8 Å². The Bertz CT molecular complexity index is 317. The summed E-state index contributed by atoms with van der Waals surface area (Å²) in [5.41, 5.74) is 3.96. The first-order valence-electron chi connectivity index (χ1n) is 5.77. The quantitative estimate of drug-likeness (QED) is 0.718. The van der Waals surface area contributed by atoms with Gasteiger partial charge in [-0.2, -0.15) is 0 Å². The molecule has 1 aromatic carbocycles. The molecule has 0 aliphatic rings. The van der Waals surface area contributed by atoms with E-state index in [-0.39, 0.29) is 6.10 Å². The van der Waals surface area contributed by atoms with Crippen molar-refractivity contribution in [3.05, 3.63) is 34.9 Å². The van der Waals surface area contributed by atoms with E-state index in [1.54, 1.807) is 0 Å². The largest absolute Gasteiger partial charge is 0.371 e. The summed E-state index contributed by atoms with van der Waals surface area (Å²) in [6.07, 6.45) is 1.59. The minimum absolute atomic E-state index is 0.194. The molecule has 0 fully saturated rings. The Kier molecular flexibility index (Phi) is 4.34. The zero-order chi connectivity index (χ0) is 11.4. The van der Waals surface area contributed by atoms with Gasteiger partial charge in [-0.3, -0.25) is 0 Å². The van der Waals surface area contributed by atoms with Crippen molar-refractivity contribution in [1.82, 2.24) is 0 Å². The van der Waals surface area contributed by atoms with E-state index < -0.39 is 0 Å². The van der Waals surface area contributed by atoms with Gasteiger partial charge < -0.3 is 4.74 Å². The molecule has 2 unspecified atom stereocenters. The molecule has 1 aromatic rings. The fourth-order valence-electron chi connectivity index (χ4n) is 1.54. The summed E-state index contributed by atoms with van der Waals surface area (Å²) in [5, 5.41) is 0. The Balaban J connectivity index is 2.73. The fraction of sp³-hybridized carbons (Fsp3) is 0.571. The Hall–Kier alpha value is -0.820. The average molecular weight is 206 g/mol. The Morgan fingerprint density at radius 1 is 1.13 bits per heavy atom. The van der Waals surface area contributed by atoms with E-state index in [1.807, 2.05) is 0 Å². The van der Waals surface area contributed by atoms with Crippen molar-refractivity contribution < 1.29 is 4.74 Å². The SMILES string of the molecule is CCC(C)OC(C)c1ccc(C)c(C)c1. The van der Waals surface area contributed by atoms with Gasteiger partial charge in [0.1, 0.15) is 0 Å². The highest BCUT2D eigenvalue weighted by Gasteiger charge is 2.09. The molecule has 0 aliphatic heterocycles. The summed E-state index contributed by atoms with van der Waals surface area (Å²) in [6, 6.07) is 6.55. The molecule has 0 bridgehead atoms. The van der Waals surface area contributed by atoms with E-state index in [0.29, 0.717) is 6.10 Å². The number of hydrogen-bond acceptors (Lipinski definition) is 1. The van der Waals surface area contributed by atoms with Crippen LogP contribution in [-0.2, 0) is 4.74 Å². The standard InChI is InChI=1S/C14H22O/c1-6-12(4)15-13(5)14-8-7-10(2)11(3)9-14/h7-9,12-13H,6H2,1-5H3. The lowest BCUT2D eigenvalue weighted by molar-refractivity contribution is 0.00545. The molecule has 0 saturated carbocycles. The van der Waals surface area contributed by atoms with Crippen molar-refractivity contribution in [1.29, 1.82) is 0 Å². The third kappa shape index (κ3) is 3.35. The van der Waals surface area contributed by atoms with E-state index in [2.05, 4.69) is 52.8 Å². The molecule has 1 rings (SSSR count). The van der Waals surface area contributed by atoms with Gasteiger partial charge >= 0.3 is 0 Å². The van der Waals surface area contributed by atoms with Gasteiger partial charge in [0.05, 0.1) is 12.2 Å². The molecule has 84 valence electrons. The second kappa shape index (κ2) is 5.32. The van der Waals surface area contributed by atoms with Crippen LogP contribution in [0, 0.1) is 13.8 Å². The number of rotatable bonds is 4. The molecule has 0 radical (unpaired) electrons. The lowest BCUT2D eigenvalue weighted by atomic mass is 10.0. The molecule has 0 saturated heterocycles. The van der Waals surface area contributed by atoms with Crippen molar-refractivity contribution in [3.63, 3.8) is 0 Å². The van der Waals surface area contributed by atoms with E-state index in [9.17, 15) is 0 Å². The molecule has 0 amide bonds. The van der Waals surface area contributed by atoms with E-state index in [4.69, 9.17) is 4.74 Å². The van der Waals surface area contributed by atoms with Crippen LogP contribution in [0.5, 0.6) is 0 Å². The van der Waals surface area contributed by atoms with Crippen LogP contribution in [0.4, 0.5) is 0 Å². The summed E-state index contributed by atoms with van der Waals surface area (Å²) in [5.74, 6) is 0. The molecule has 1 heteroatoms. The highest BCUT2D eigenvalue weighted by atomic mass is 16.5. The zero-order valence-corrected chi connectivity index (χ0v) is 10.5. The second-order valence-corrected chi connectivity index (χ2v) is 4.34. The predicted octanol–water partition coefficient (Wildman–Crippen LogP) is 4.18. The molecule has 0 aliphatic carbocycles. The number of benzene rings is 1. The molecule has 2 atom stereocenters. The van der Waals surface area contributed by atoms with Crippen LogP contribution in [0.15, 0.2) is 18.2 Å². The number of ether oxygens (including phenoxy) is 1. The van der Waals surface area contributed by atoms with Crippen molar-refractivity contribution in [2.24, 2.45) is 0 Å². The van der Waals surface area contributed by atoms with Crippen LogP contribution in [0.2, 0.25) is 0 Å². The van der Waals surface area contributed by atoms with E-state index >= 15 is 0 Å². The summed E-state index contributed by atoms with van der Waals surface area (Å²) in [7, 11) is 0. The van der Waals surface area contributed by atoms with Crippen LogP contribution in [0.25, 0.3) is 0 Å². The smallest absolute Gasteiger partial charge is 0.0800 e. The van der Waals surface area contributed by atoms with Crippen LogP contribution >= 0.6 is 0 Å².